The fraction of sp³-hybridized carbons (Fsp3) is 0.111. The van der Waals surface area contributed by atoms with Gasteiger partial charge in [-0.1, -0.05) is 0 Å². The molecule has 0 aliphatic rings. The van der Waals surface area contributed by atoms with Crippen molar-refractivity contribution in [2.24, 2.45) is 5.73 Å². The first-order chi connectivity index (χ1) is 8.56. The number of nitrogens with zero attached hydrogens (tertiary/aromatic N) is 4. The molecule has 1 heterocycles. The van der Waals surface area contributed by atoms with Gasteiger partial charge in [-0.3, -0.25) is 14.9 Å². The fourth-order valence-electron chi connectivity index (χ4n) is 1.54. The maximum atomic E-state index is 11.1. The van der Waals surface area contributed by atoms with Crippen molar-refractivity contribution in [3.8, 4) is 6.07 Å². The molecule has 2 rings (SSSR count). The third kappa shape index (κ3) is 1.74. The normalized spacial score (nSPS) is 11.9. The number of amides is 1. The SMILES string of the molecule is N#CC(C(N)=O)c1ccc([N+](=O)[O-])c2nsnc12. The Bertz CT molecular complexity index is 689. The van der Waals surface area contributed by atoms with E-state index >= 15 is 0 Å². The third-order valence-electron chi connectivity index (χ3n) is 2.35. The molecule has 1 atom stereocenters. The van der Waals surface area contributed by atoms with Gasteiger partial charge in [-0.05, 0) is 6.07 Å². The number of benzene rings is 1. The second-order valence-electron chi connectivity index (χ2n) is 3.36. The molecule has 9 heteroatoms. The van der Waals surface area contributed by atoms with E-state index in [-0.39, 0.29) is 22.3 Å². The van der Waals surface area contributed by atoms with Crippen molar-refractivity contribution in [1.82, 2.24) is 8.75 Å². The van der Waals surface area contributed by atoms with Gasteiger partial charge < -0.3 is 5.73 Å². The summed E-state index contributed by atoms with van der Waals surface area (Å²) in [5.74, 6) is -2.03. The number of rotatable bonds is 3. The van der Waals surface area contributed by atoms with Crippen molar-refractivity contribution in [3.05, 3.63) is 27.8 Å². The van der Waals surface area contributed by atoms with Crippen molar-refractivity contribution in [1.29, 1.82) is 5.26 Å². The molecule has 0 bridgehead atoms. The molecular weight excluding hydrogens is 258 g/mol. The Morgan fingerprint density at radius 2 is 2.17 bits per heavy atom. The van der Waals surface area contributed by atoms with Gasteiger partial charge in [0.2, 0.25) is 5.91 Å². The zero-order valence-corrected chi connectivity index (χ0v) is 9.55. The summed E-state index contributed by atoms with van der Waals surface area (Å²) in [5.41, 5.74) is 5.34. The third-order valence-corrected chi connectivity index (χ3v) is 2.88. The van der Waals surface area contributed by atoms with Crippen molar-refractivity contribution < 1.29 is 9.72 Å². The number of aromatic nitrogens is 2. The van der Waals surface area contributed by atoms with Crippen LogP contribution in [0.25, 0.3) is 11.0 Å². The molecule has 18 heavy (non-hydrogen) atoms. The van der Waals surface area contributed by atoms with Gasteiger partial charge >= 0.3 is 0 Å². The standard InChI is InChI=1S/C9H5N5O3S/c10-3-5(9(11)15)4-1-2-6(14(16)17)8-7(4)12-18-13-8/h1-2,5H,(H2,11,15). The first-order valence-electron chi connectivity index (χ1n) is 4.64. The van der Waals surface area contributed by atoms with Crippen LogP contribution in [0.2, 0.25) is 0 Å². The number of hydrogen-bond donors (Lipinski definition) is 1. The molecule has 1 aromatic carbocycles. The highest BCUT2D eigenvalue weighted by atomic mass is 32.1. The van der Waals surface area contributed by atoms with E-state index in [0.29, 0.717) is 0 Å². The molecule has 0 fully saturated rings. The molecule has 1 aromatic heterocycles. The van der Waals surface area contributed by atoms with E-state index in [1.54, 1.807) is 6.07 Å². The van der Waals surface area contributed by atoms with Crippen LogP contribution >= 0.6 is 11.7 Å². The molecule has 0 aliphatic carbocycles. The lowest BCUT2D eigenvalue weighted by atomic mass is 9.98. The van der Waals surface area contributed by atoms with Gasteiger partial charge in [-0.15, -0.1) is 0 Å². The van der Waals surface area contributed by atoms with E-state index in [1.807, 2.05) is 0 Å². The number of nitriles is 1. The molecular formula is C9H5N5O3S. The fourth-order valence-corrected chi connectivity index (χ4v) is 2.12. The van der Waals surface area contributed by atoms with E-state index in [0.717, 1.165) is 11.7 Å². The average molecular weight is 263 g/mol. The van der Waals surface area contributed by atoms with Gasteiger partial charge in [0.25, 0.3) is 5.69 Å². The molecule has 0 radical (unpaired) electrons. The second-order valence-corrected chi connectivity index (χ2v) is 3.89. The van der Waals surface area contributed by atoms with Crippen LogP contribution in [0.3, 0.4) is 0 Å². The lowest BCUT2D eigenvalue weighted by Gasteiger charge is -2.05. The highest BCUT2D eigenvalue weighted by Gasteiger charge is 2.25. The van der Waals surface area contributed by atoms with Crippen LogP contribution in [0.1, 0.15) is 11.5 Å². The Hall–Kier alpha value is -2.60. The summed E-state index contributed by atoms with van der Waals surface area (Å²) in [5, 5.41) is 19.7. The van der Waals surface area contributed by atoms with Crippen LogP contribution in [0.15, 0.2) is 12.1 Å². The average Bonchev–Trinajstić information content (AvgIpc) is 2.78. The number of nitrogens with two attached hydrogens (primary N) is 1. The molecule has 8 nitrogen and oxygen atoms in total. The Kier molecular flexibility index (Phi) is 2.86. The molecule has 2 N–H and O–H groups in total. The predicted molar refractivity (Wildman–Crippen MR) is 61.6 cm³/mol. The number of hydrogen-bond acceptors (Lipinski definition) is 7. The highest BCUT2D eigenvalue weighted by molar-refractivity contribution is 7.00. The molecule has 1 amide bonds. The summed E-state index contributed by atoms with van der Waals surface area (Å²) in [4.78, 5) is 21.3. The van der Waals surface area contributed by atoms with Gasteiger partial charge in [0.05, 0.1) is 22.7 Å². The summed E-state index contributed by atoms with van der Waals surface area (Å²) in [6.07, 6.45) is 0. The van der Waals surface area contributed by atoms with Gasteiger partial charge in [0.15, 0.2) is 11.4 Å². The Labute approximate surface area is 104 Å². The summed E-state index contributed by atoms with van der Waals surface area (Å²) in [7, 11) is 0. The number of fused-ring (bicyclic) bond motifs is 1. The van der Waals surface area contributed by atoms with Crippen molar-refractivity contribution >= 4 is 34.4 Å². The second kappa shape index (κ2) is 4.34. The van der Waals surface area contributed by atoms with E-state index in [4.69, 9.17) is 11.0 Å². The predicted octanol–water partition coefficient (Wildman–Crippen LogP) is 0.692. The minimum absolute atomic E-state index is 0.0593. The van der Waals surface area contributed by atoms with Crippen molar-refractivity contribution in [2.75, 3.05) is 0 Å². The van der Waals surface area contributed by atoms with Gasteiger partial charge in [-0.25, -0.2) is 0 Å². The number of carbonyl (C=O) groups excluding carboxylic acids is 1. The molecule has 0 saturated carbocycles. The van der Waals surface area contributed by atoms with E-state index in [1.165, 1.54) is 12.1 Å². The topological polar surface area (TPSA) is 136 Å². The molecule has 0 saturated heterocycles. The molecule has 2 aromatic rings. The summed E-state index contributed by atoms with van der Waals surface area (Å²) in [6.45, 7) is 0. The summed E-state index contributed by atoms with van der Waals surface area (Å²) >= 11 is 0.772. The first-order valence-corrected chi connectivity index (χ1v) is 5.37. The van der Waals surface area contributed by atoms with Crippen molar-refractivity contribution in [3.63, 3.8) is 0 Å². The number of primary amides is 1. The lowest BCUT2D eigenvalue weighted by molar-refractivity contribution is -0.383. The zero-order valence-electron chi connectivity index (χ0n) is 8.73. The molecule has 0 aliphatic heterocycles. The van der Waals surface area contributed by atoms with E-state index in [2.05, 4.69) is 8.75 Å². The Morgan fingerprint density at radius 3 is 2.72 bits per heavy atom. The summed E-state index contributed by atoms with van der Waals surface area (Å²) in [6, 6.07) is 4.23. The van der Waals surface area contributed by atoms with Crippen LogP contribution in [-0.2, 0) is 4.79 Å². The maximum absolute atomic E-state index is 11.1. The number of nitro groups is 1. The molecule has 0 spiro atoms. The Balaban J connectivity index is 2.73. The molecule has 90 valence electrons. The van der Waals surface area contributed by atoms with Crippen LogP contribution in [0.5, 0.6) is 0 Å². The lowest BCUT2D eigenvalue weighted by Crippen LogP contribution is -2.20. The van der Waals surface area contributed by atoms with Gasteiger partial charge in [-0.2, -0.15) is 14.0 Å². The van der Waals surface area contributed by atoms with Crippen LogP contribution < -0.4 is 5.73 Å². The number of non-ortho nitro benzene ring substituents is 1. The quantitative estimate of drug-likeness (QED) is 0.639. The van der Waals surface area contributed by atoms with Gasteiger partial charge in [0.1, 0.15) is 5.52 Å². The first kappa shape index (κ1) is 11.9. The van der Waals surface area contributed by atoms with Crippen molar-refractivity contribution in [2.45, 2.75) is 5.92 Å². The summed E-state index contributed by atoms with van der Waals surface area (Å²) < 4.78 is 7.68. The van der Waals surface area contributed by atoms with Crippen LogP contribution in [-0.4, -0.2) is 19.6 Å². The maximum Gasteiger partial charge on any atom is 0.298 e. The number of carbonyl (C=O) groups is 1. The zero-order chi connectivity index (χ0) is 13.3. The molecule has 1 unspecified atom stereocenters. The largest absolute Gasteiger partial charge is 0.368 e. The van der Waals surface area contributed by atoms with Crippen LogP contribution in [0, 0.1) is 21.4 Å². The van der Waals surface area contributed by atoms with E-state index in [9.17, 15) is 14.9 Å². The Morgan fingerprint density at radius 1 is 1.50 bits per heavy atom. The van der Waals surface area contributed by atoms with Gasteiger partial charge in [0, 0.05) is 11.6 Å². The minimum Gasteiger partial charge on any atom is -0.368 e. The monoisotopic (exact) mass is 263 g/mol. The number of nitro benzene ring substituents is 1. The van der Waals surface area contributed by atoms with Crippen LogP contribution in [0.4, 0.5) is 5.69 Å². The smallest absolute Gasteiger partial charge is 0.298 e. The minimum atomic E-state index is -1.20. The van der Waals surface area contributed by atoms with E-state index < -0.39 is 16.7 Å². The highest BCUT2D eigenvalue weighted by Crippen LogP contribution is 2.30.